The number of carbonyl (C=O) groups excluding carboxylic acids is 2. The lowest BCUT2D eigenvalue weighted by Crippen LogP contribution is -2.44. The van der Waals surface area contributed by atoms with Crippen molar-refractivity contribution in [3.63, 3.8) is 0 Å². The largest absolute Gasteiger partial charge is 0.486 e. The zero-order valence-corrected chi connectivity index (χ0v) is 19.5. The molecule has 0 spiro atoms. The molecule has 3 aromatic rings. The maximum atomic E-state index is 13.7. The van der Waals surface area contributed by atoms with Gasteiger partial charge in [-0.1, -0.05) is 42.5 Å². The Morgan fingerprint density at radius 1 is 0.971 bits per heavy atom. The number of carbonyl (C=O) groups is 2. The van der Waals surface area contributed by atoms with E-state index in [1.54, 1.807) is 15.9 Å². The lowest BCUT2D eigenvalue weighted by molar-refractivity contribution is -0.123. The summed E-state index contributed by atoms with van der Waals surface area (Å²) in [6.45, 7) is 2.51. The smallest absolute Gasteiger partial charge is 0.257 e. The minimum absolute atomic E-state index is 0.0507. The molecule has 1 saturated heterocycles. The minimum atomic E-state index is -0.165. The first-order chi connectivity index (χ1) is 17.2. The molecule has 3 heterocycles. The predicted molar refractivity (Wildman–Crippen MR) is 133 cm³/mol. The third kappa shape index (κ3) is 5.24. The maximum Gasteiger partial charge on any atom is 0.257 e. The summed E-state index contributed by atoms with van der Waals surface area (Å²) in [6.07, 6.45) is 8.21. The average molecular weight is 473 g/mol. The van der Waals surface area contributed by atoms with Crippen LogP contribution in [0.2, 0.25) is 0 Å². The molecule has 1 aromatic heterocycles. The number of hydrogen-bond acceptors (Lipinski definition) is 5. The van der Waals surface area contributed by atoms with Gasteiger partial charge < -0.3 is 23.7 Å². The molecule has 35 heavy (non-hydrogen) atoms. The van der Waals surface area contributed by atoms with Gasteiger partial charge in [-0.2, -0.15) is 0 Å². The molecule has 2 aromatic carbocycles. The molecule has 0 radical (unpaired) electrons. The van der Waals surface area contributed by atoms with Crippen molar-refractivity contribution in [3.05, 3.63) is 84.3 Å². The van der Waals surface area contributed by atoms with Crippen molar-refractivity contribution in [1.29, 1.82) is 0 Å². The SMILES string of the molecule is O=C(c1ccoc1)N1CCC(C(=O)N(CC=Cc2ccccc2)c2ccc3c(c2)OCCO3)CC1. The summed E-state index contributed by atoms with van der Waals surface area (Å²) in [5.41, 5.74) is 2.39. The maximum absolute atomic E-state index is 13.7. The van der Waals surface area contributed by atoms with Crippen molar-refractivity contribution >= 4 is 23.6 Å². The number of piperidine rings is 1. The second-order valence-corrected chi connectivity index (χ2v) is 8.67. The molecule has 2 aliphatic heterocycles. The predicted octanol–water partition coefficient (Wildman–Crippen LogP) is 4.65. The van der Waals surface area contributed by atoms with E-state index in [4.69, 9.17) is 13.9 Å². The number of hydrogen-bond donors (Lipinski definition) is 0. The van der Waals surface area contributed by atoms with Crippen molar-refractivity contribution in [2.24, 2.45) is 5.92 Å². The Bertz CT molecular complexity index is 1180. The number of anilines is 1. The van der Waals surface area contributed by atoms with Gasteiger partial charge in [0.05, 0.1) is 11.8 Å². The molecule has 1 fully saturated rings. The Balaban J connectivity index is 1.32. The second-order valence-electron chi connectivity index (χ2n) is 8.67. The molecular weight excluding hydrogens is 444 g/mol. The van der Waals surface area contributed by atoms with E-state index in [0.29, 0.717) is 62.8 Å². The van der Waals surface area contributed by atoms with Gasteiger partial charge in [0.2, 0.25) is 5.91 Å². The van der Waals surface area contributed by atoms with Crippen molar-refractivity contribution in [1.82, 2.24) is 4.90 Å². The minimum Gasteiger partial charge on any atom is -0.486 e. The van der Waals surface area contributed by atoms with Crippen molar-refractivity contribution in [3.8, 4) is 11.5 Å². The molecule has 0 unspecified atom stereocenters. The van der Waals surface area contributed by atoms with Crippen molar-refractivity contribution in [2.45, 2.75) is 12.8 Å². The number of ether oxygens (including phenoxy) is 2. The lowest BCUT2D eigenvalue weighted by Gasteiger charge is -2.34. The van der Waals surface area contributed by atoms with Crippen LogP contribution in [-0.2, 0) is 4.79 Å². The summed E-state index contributed by atoms with van der Waals surface area (Å²) in [4.78, 5) is 29.9. The van der Waals surface area contributed by atoms with Gasteiger partial charge in [-0.15, -0.1) is 0 Å². The van der Waals surface area contributed by atoms with Crippen LogP contribution in [0.25, 0.3) is 6.08 Å². The third-order valence-electron chi connectivity index (χ3n) is 6.40. The Kier molecular flexibility index (Phi) is 6.84. The van der Waals surface area contributed by atoms with Crippen LogP contribution in [0.5, 0.6) is 11.5 Å². The van der Waals surface area contributed by atoms with Gasteiger partial charge in [0.25, 0.3) is 5.91 Å². The summed E-state index contributed by atoms with van der Waals surface area (Å²) in [5.74, 6) is 1.17. The highest BCUT2D eigenvalue weighted by atomic mass is 16.6. The zero-order valence-electron chi connectivity index (χ0n) is 19.5. The van der Waals surface area contributed by atoms with Gasteiger partial charge >= 0.3 is 0 Å². The summed E-state index contributed by atoms with van der Waals surface area (Å²) < 4.78 is 16.4. The van der Waals surface area contributed by atoms with E-state index in [-0.39, 0.29) is 17.7 Å². The van der Waals surface area contributed by atoms with Gasteiger partial charge in [-0.3, -0.25) is 9.59 Å². The molecule has 7 heteroatoms. The molecule has 2 amide bonds. The first-order valence-corrected chi connectivity index (χ1v) is 11.9. The van der Waals surface area contributed by atoms with Crippen LogP contribution in [0, 0.1) is 5.92 Å². The molecule has 0 atom stereocenters. The number of likely N-dealkylation sites (tertiary alicyclic amines) is 1. The van der Waals surface area contributed by atoms with E-state index in [0.717, 1.165) is 11.3 Å². The standard InChI is InChI=1S/C28H28N2O5/c31-27(23-12-16-33-20-23)29-14-10-22(11-15-29)28(32)30(13-4-7-21-5-2-1-3-6-21)24-8-9-25-26(19-24)35-18-17-34-25/h1-9,12,16,19-20,22H,10-11,13-15,17-18H2. The Morgan fingerprint density at radius 2 is 1.74 bits per heavy atom. The normalized spacial score (nSPS) is 15.8. The van der Waals surface area contributed by atoms with E-state index >= 15 is 0 Å². The first kappa shape index (κ1) is 22.8. The molecule has 2 aliphatic rings. The molecule has 7 nitrogen and oxygen atoms in total. The molecule has 0 N–H and O–H groups in total. The second kappa shape index (κ2) is 10.5. The molecule has 5 rings (SSSR count). The monoisotopic (exact) mass is 472 g/mol. The zero-order chi connectivity index (χ0) is 24.0. The lowest BCUT2D eigenvalue weighted by atomic mass is 9.94. The number of benzene rings is 2. The summed E-state index contributed by atoms with van der Waals surface area (Å²) in [6, 6.07) is 17.3. The molecule has 0 aliphatic carbocycles. The van der Waals surface area contributed by atoms with Crippen LogP contribution < -0.4 is 14.4 Å². The number of rotatable bonds is 6. The number of furan rings is 1. The van der Waals surface area contributed by atoms with Crippen LogP contribution in [-0.4, -0.2) is 49.6 Å². The highest BCUT2D eigenvalue weighted by molar-refractivity contribution is 5.97. The molecular formula is C28H28N2O5. The Morgan fingerprint density at radius 3 is 2.49 bits per heavy atom. The van der Waals surface area contributed by atoms with E-state index in [1.807, 2.05) is 60.7 Å². The van der Waals surface area contributed by atoms with Gasteiger partial charge in [0, 0.05) is 37.3 Å². The summed E-state index contributed by atoms with van der Waals surface area (Å²) >= 11 is 0. The van der Waals surface area contributed by atoms with Crippen LogP contribution in [0.3, 0.4) is 0 Å². The number of nitrogens with zero attached hydrogens (tertiary/aromatic N) is 2. The van der Waals surface area contributed by atoms with E-state index in [9.17, 15) is 9.59 Å². The highest BCUT2D eigenvalue weighted by Crippen LogP contribution is 2.35. The van der Waals surface area contributed by atoms with Crippen LogP contribution >= 0.6 is 0 Å². The van der Waals surface area contributed by atoms with Gasteiger partial charge in [0.1, 0.15) is 19.5 Å². The summed E-state index contributed by atoms with van der Waals surface area (Å²) in [5, 5.41) is 0. The molecule has 0 bridgehead atoms. The summed E-state index contributed by atoms with van der Waals surface area (Å²) in [7, 11) is 0. The third-order valence-corrected chi connectivity index (χ3v) is 6.40. The highest BCUT2D eigenvalue weighted by Gasteiger charge is 2.31. The molecule has 180 valence electrons. The van der Waals surface area contributed by atoms with Gasteiger partial charge in [-0.25, -0.2) is 0 Å². The quantitative estimate of drug-likeness (QED) is 0.522. The van der Waals surface area contributed by atoms with Gasteiger partial charge in [0.15, 0.2) is 11.5 Å². The van der Waals surface area contributed by atoms with E-state index < -0.39 is 0 Å². The van der Waals surface area contributed by atoms with Crippen molar-refractivity contribution in [2.75, 3.05) is 37.7 Å². The number of fused-ring (bicyclic) bond motifs is 1. The van der Waals surface area contributed by atoms with Crippen molar-refractivity contribution < 1.29 is 23.5 Å². The first-order valence-electron chi connectivity index (χ1n) is 11.9. The fourth-order valence-electron chi connectivity index (χ4n) is 4.50. The Labute approximate surface area is 204 Å². The van der Waals surface area contributed by atoms with Crippen LogP contribution in [0.15, 0.2) is 77.6 Å². The van der Waals surface area contributed by atoms with Gasteiger partial charge in [-0.05, 0) is 36.6 Å². The van der Waals surface area contributed by atoms with Crippen LogP contribution in [0.4, 0.5) is 5.69 Å². The van der Waals surface area contributed by atoms with Crippen LogP contribution in [0.1, 0.15) is 28.8 Å². The topological polar surface area (TPSA) is 72.2 Å². The number of amides is 2. The fourth-order valence-corrected chi connectivity index (χ4v) is 4.50. The average Bonchev–Trinajstić information content (AvgIpc) is 3.46. The fraction of sp³-hybridized carbons (Fsp3) is 0.286. The molecule has 0 saturated carbocycles. The van der Waals surface area contributed by atoms with E-state index in [2.05, 4.69) is 0 Å². The van der Waals surface area contributed by atoms with E-state index in [1.165, 1.54) is 12.5 Å². The Hall–Kier alpha value is -4.00.